The van der Waals surface area contributed by atoms with Crippen molar-refractivity contribution in [1.29, 1.82) is 0 Å². The number of ether oxygens (including phenoxy) is 2. The third-order valence-electron chi connectivity index (χ3n) is 2.05. The zero-order valence-corrected chi connectivity index (χ0v) is 9.54. The molecule has 0 saturated carbocycles. The minimum Gasteiger partial charge on any atom is -0.436 e. The molecule has 0 aromatic carbocycles. The molecule has 14 heavy (non-hydrogen) atoms. The van der Waals surface area contributed by atoms with E-state index >= 15 is 0 Å². The van der Waals surface area contributed by atoms with Gasteiger partial charge in [0.1, 0.15) is 0 Å². The van der Waals surface area contributed by atoms with Crippen molar-refractivity contribution in [2.45, 2.75) is 58.7 Å². The van der Waals surface area contributed by atoms with E-state index in [1.54, 1.807) is 7.11 Å². The van der Waals surface area contributed by atoms with Crippen molar-refractivity contribution in [2.24, 2.45) is 0 Å². The molecule has 0 aliphatic carbocycles. The van der Waals surface area contributed by atoms with Gasteiger partial charge in [0.15, 0.2) is 0 Å². The zero-order chi connectivity index (χ0) is 10.8. The van der Waals surface area contributed by atoms with Gasteiger partial charge in [0.2, 0.25) is 6.29 Å². The number of carbonyl (C=O) groups excluding carboxylic acids is 1. The molecule has 3 heteroatoms. The number of hydrogen-bond donors (Lipinski definition) is 0. The van der Waals surface area contributed by atoms with Crippen LogP contribution in [-0.2, 0) is 14.3 Å². The maximum Gasteiger partial charge on any atom is 0.308 e. The lowest BCUT2D eigenvalue weighted by Gasteiger charge is -2.15. The van der Waals surface area contributed by atoms with E-state index in [1.807, 2.05) is 0 Å². The highest BCUT2D eigenvalue weighted by Gasteiger charge is 2.11. The minimum absolute atomic E-state index is 0.144. The Labute approximate surface area is 86.8 Å². The first kappa shape index (κ1) is 13.4. The monoisotopic (exact) mass is 202 g/mol. The Kier molecular flexibility index (Phi) is 8.64. The van der Waals surface area contributed by atoms with Crippen molar-refractivity contribution in [3.63, 3.8) is 0 Å². The van der Waals surface area contributed by atoms with Crippen molar-refractivity contribution in [2.75, 3.05) is 7.11 Å². The number of hydrogen-bond acceptors (Lipinski definition) is 3. The fourth-order valence-corrected chi connectivity index (χ4v) is 1.12. The summed E-state index contributed by atoms with van der Waals surface area (Å²) in [4.78, 5) is 11.2. The smallest absolute Gasteiger partial charge is 0.308 e. The largest absolute Gasteiger partial charge is 0.436 e. The Hall–Kier alpha value is -0.570. The van der Waals surface area contributed by atoms with Crippen LogP contribution in [0.2, 0.25) is 0 Å². The van der Waals surface area contributed by atoms with E-state index in [0.29, 0.717) is 6.42 Å². The summed E-state index contributed by atoms with van der Waals surface area (Å²) >= 11 is 0. The Morgan fingerprint density at radius 2 is 1.86 bits per heavy atom. The van der Waals surface area contributed by atoms with Crippen LogP contribution in [0.15, 0.2) is 0 Å². The van der Waals surface area contributed by atoms with Gasteiger partial charge < -0.3 is 9.47 Å². The van der Waals surface area contributed by atoms with Crippen LogP contribution in [-0.4, -0.2) is 19.4 Å². The zero-order valence-electron chi connectivity index (χ0n) is 9.54. The van der Waals surface area contributed by atoms with Crippen LogP contribution in [0.3, 0.4) is 0 Å². The maximum absolute atomic E-state index is 11.2. The predicted octanol–water partition coefficient (Wildman–Crippen LogP) is 2.88. The minimum atomic E-state index is -0.348. The standard InChI is InChI=1S/C11H22O3/c1-4-6-8-10(12)14-11(13-3)9-7-5-2/h11H,4-9H2,1-3H3. The first-order valence-electron chi connectivity index (χ1n) is 5.46. The molecule has 0 aromatic heterocycles. The van der Waals surface area contributed by atoms with Gasteiger partial charge in [-0.05, 0) is 12.8 Å². The molecule has 0 fully saturated rings. The summed E-state index contributed by atoms with van der Waals surface area (Å²) in [5.41, 5.74) is 0. The lowest BCUT2D eigenvalue weighted by atomic mass is 10.2. The van der Waals surface area contributed by atoms with E-state index < -0.39 is 0 Å². The van der Waals surface area contributed by atoms with Crippen molar-refractivity contribution >= 4 is 5.97 Å². The summed E-state index contributed by atoms with van der Waals surface area (Å²) in [7, 11) is 1.58. The van der Waals surface area contributed by atoms with Crippen LogP contribution in [0.1, 0.15) is 52.4 Å². The normalized spacial score (nSPS) is 12.5. The molecule has 0 aliphatic rings. The van der Waals surface area contributed by atoms with E-state index in [9.17, 15) is 4.79 Å². The SMILES string of the molecule is CCCCC(=O)OC(CCCC)OC. The highest BCUT2D eigenvalue weighted by Crippen LogP contribution is 2.07. The number of rotatable bonds is 8. The van der Waals surface area contributed by atoms with Crippen molar-refractivity contribution in [3.05, 3.63) is 0 Å². The molecule has 0 aliphatic heterocycles. The molecule has 0 saturated heterocycles. The Morgan fingerprint density at radius 3 is 2.36 bits per heavy atom. The molecule has 1 unspecified atom stereocenters. The van der Waals surface area contributed by atoms with Crippen LogP contribution < -0.4 is 0 Å². The van der Waals surface area contributed by atoms with Gasteiger partial charge in [-0.25, -0.2) is 0 Å². The Bertz CT molecular complexity index is 145. The highest BCUT2D eigenvalue weighted by molar-refractivity contribution is 5.69. The fraction of sp³-hybridized carbons (Fsp3) is 0.909. The van der Waals surface area contributed by atoms with Gasteiger partial charge in [0.25, 0.3) is 0 Å². The van der Waals surface area contributed by atoms with Gasteiger partial charge in [-0.3, -0.25) is 4.79 Å². The fourth-order valence-electron chi connectivity index (χ4n) is 1.12. The van der Waals surface area contributed by atoms with Gasteiger partial charge in [-0.2, -0.15) is 0 Å². The molecule has 0 rings (SSSR count). The number of carbonyl (C=O) groups is 1. The van der Waals surface area contributed by atoms with Crippen LogP contribution >= 0.6 is 0 Å². The van der Waals surface area contributed by atoms with Crippen molar-refractivity contribution in [1.82, 2.24) is 0 Å². The van der Waals surface area contributed by atoms with E-state index in [-0.39, 0.29) is 12.3 Å². The van der Waals surface area contributed by atoms with E-state index in [1.165, 1.54) is 0 Å². The highest BCUT2D eigenvalue weighted by atomic mass is 16.7. The molecule has 0 N–H and O–H groups in total. The summed E-state index contributed by atoms with van der Waals surface area (Å²) in [6.07, 6.45) is 4.98. The first-order chi connectivity index (χ1) is 6.74. The molecule has 3 nitrogen and oxygen atoms in total. The van der Waals surface area contributed by atoms with Crippen LogP contribution in [0.25, 0.3) is 0 Å². The molecule has 0 aromatic rings. The molecule has 84 valence electrons. The topological polar surface area (TPSA) is 35.5 Å². The summed E-state index contributed by atoms with van der Waals surface area (Å²) in [5.74, 6) is -0.144. The molecule has 0 spiro atoms. The number of esters is 1. The molecule has 0 heterocycles. The average molecular weight is 202 g/mol. The molecule has 1 atom stereocenters. The van der Waals surface area contributed by atoms with E-state index in [0.717, 1.165) is 32.1 Å². The van der Waals surface area contributed by atoms with Crippen LogP contribution in [0, 0.1) is 0 Å². The van der Waals surface area contributed by atoms with Gasteiger partial charge in [-0.15, -0.1) is 0 Å². The third kappa shape index (κ3) is 6.89. The summed E-state index contributed by atoms with van der Waals surface area (Å²) in [5, 5.41) is 0. The van der Waals surface area contributed by atoms with Gasteiger partial charge in [0.05, 0.1) is 0 Å². The van der Waals surface area contributed by atoms with E-state index in [4.69, 9.17) is 9.47 Å². The second-order valence-electron chi connectivity index (χ2n) is 3.40. The maximum atomic E-state index is 11.2. The third-order valence-corrected chi connectivity index (χ3v) is 2.05. The first-order valence-corrected chi connectivity index (χ1v) is 5.46. The van der Waals surface area contributed by atoms with Crippen LogP contribution in [0.5, 0.6) is 0 Å². The second kappa shape index (κ2) is 9.00. The average Bonchev–Trinajstić information content (AvgIpc) is 2.21. The summed E-state index contributed by atoms with van der Waals surface area (Å²) < 4.78 is 10.2. The molecular formula is C11H22O3. The van der Waals surface area contributed by atoms with E-state index in [2.05, 4.69) is 13.8 Å². The lowest BCUT2D eigenvalue weighted by Crippen LogP contribution is -2.19. The summed E-state index contributed by atoms with van der Waals surface area (Å²) in [6.45, 7) is 4.16. The molecular weight excluding hydrogens is 180 g/mol. The van der Waals surface area contributed by atoms with Gasteiger partial charge in [0, 0.05) is 20.0 Å². The number of unbranched alkanes of at least 4 members (excludes halogenated alkanes) is 2. The Morgan fingerprint density at radius 1 is 1.21 bits per heavy atom. The Balaban J connectivity index is 3.62. The van der Waals surface area contributed by atoms with Crippen molar-refractivity contribution in [3.8, 4) is 0 Å². The lowest BCUT2D eigenvalue weighted by molar-refractivity contribution is -0.174. The second-order valence-corrected chi connectivity index (χ2v) is 3.40. The molecule has 0 amide bonds. The molecule has 0 bridgehead atoms. The van der Waals surface area contributed by atoms with Crippen molar-refractivity contribution < 1.29 is 14.3 Å². The number of methoxy groups -OCH3 is 1. The summed E-state index contributed by atoms with van der Waals surface area (Å²) in [6, 6.07) is 0. The predicted molar refractivity (Wildman–Crippen MR) is 55.9 cm³/mol. The quantitative estimate of drug-likeness (QED) is 0.448. The van der Waals surface area contributed by atoms with Crippen LogP contribution in [0.4, 0.5) is 0 Å². The van der Waals surface area contributed by atoms with Gasteiger partial charge in [-0.1, -0.05) is 26.7 Å². The van der Waals surface area contributed by atoms with Gasteiger partial charge >= 0.3 is 5.97 Å². The molecule has 0 radical (unpaired) electrons.